The summed E-state index contributed by atoms with van der Waals surface area (Å²) in [6, 6.07) is 5.83. The maximum Gasteiger partial charge on any atom is 0.269 e. The van der Waals surface area contributed by atoms with E-state index < -0.39 is 5.60 Å². The van der Waals surface area contributed by atoms with Crippen LogP contribution in [-0.4, -0.2) is 73.5 Å². The summed E-state index contributed by atoms with van der Waals surface area (Å²) < 4.78 is 11.7. The summed E-state index contributed by atoms with van der Waals surface area (Å²) in [4.78, 5) is 23.1. The van der Waals surface area contributed by atoms with E-state index in [1.165, 1.54) is 12.8 Å². The number of methoxy groups -OCH3 is 1. The third kappa shape index (κ3) is 4.41. The van der Waals surface area contributed by atoms with Crippen LogP contribution >= 0.6 is 0 Å². The summed E-state index contributed by atoms with van der Waals surface area (Å²) in [7, 11) is 3.75. The van der Waals surface area contributed by atoms with Gasteiger partial charge in [0.1, 0.15) is 0 Å². The number of nitrogens with zero attached hydrogens (tertiary/aromatic N) is 3. The van der Waals surface area contributed by atoms with Crippen molar-refractivity contribution in [3.05, 3.63) is 23.8 Å². The van der Waals surface area contributed by atoms with Crippen molar-refractivity contribution in [2.45, 2.75) is 57.2 Å². The predicted octanol–water partition coefficient (Wildman–Crippen LogP) is 3.06. The average Bonchev–Trinajstić information content (AvgIpc) is 3.35. The summed E-state index contributed by atoms with van der Waals surface area (Å²) in [6.45, 7) is 5.24. The topological polar surface area (TPSA) is 63.6 Å². The molecule has 1 atom stereocenters. The van der Waals surface area contributed by atoms with Crippen LogP contribution in [0, 0.1) is 0 Å². The summed E-state index contributed by atoms with van der Waals surface area (Å²) in [5.41, 5.74) is 0.734. The molecule has 2 fully saturated rings. The van der Waals surface area contributed by atoms with E-state index in [0.29, 0.717) is 6.42 Å². The lowest BCUT2D eigenvalue weighted by molar-refractivity contribution is -0.153. The number of ether oxygens (including phenoxy) is 2. The van der Waals surface area contributed by atoms with Crippen molar-refractivity contribution in [2.24, 2.45) is 5.16 Å². The van der Waals surface area contributed by atoms with E-state index >= 15 is 0 Å². The molecule has 30 heavy (non-hydrogen) atoms. The average molecular weight is 416 g/mol. The van der Waals surface area contributed by atoms with Crippen molar-refractivity contribution < 1.29 is 19.1 Å². The van der Waals surface area contributed by atoms with Crippen molar-refractivity contribution in [3.63, 3.8) is 0 Å². The number of amides is 1. The highest BCUT2D eigenvalue weighted by Crippen LogP contribution is 2.35. The van der Waals surface area contributed by atoms with Crippen LogP contribution in [0.3, 0.4) is 0 Å². The first kappa shape index (κ1) is 21.0. The fourth-order valence-electron chi connectivity index (χ4n) is 4.53. The van der Waals surface area contributed by atoms with E-state index in [0.717, 1.165) is 68.2 Å². The number of rotatable bonds is 5. The first-order valence-electron chi connectivity index (χ1n) is 11.1. The third-order valence-corrected chi connectivity index (χ3v) is 6.41. The van der Waals surface area contributed by atoms with Crippen LogP contribution < -0.4 is 9.47 Å². The molecule has 1 aromatic carbocycles. The zero-order chi connectivity index (χ0) is 21.1. The number of carbonyl (C=O) groups is 1. The van der Waals surface area contributed by atoms with E-state index in [9.17, 15) is 4.79 Å². The molecule has 1 amide bonds. The molecule has 2 aliphatic heterocycles. The van der Waals surface area contributed by atoms with Crippen LogP contribution in [0.25, 0.3) is 0 Å². The molecule has 1 aromatic rings. The van der Waals surface area contributed by atoms with Gasteiger partial charge in [-0.1, -0.05) is 5.16 Å². The predicted molar refractivity (Wildman–Crippen MR) is 115 cm³/mol. The summed E-state index contributed by atoms with van der Waals surface area (Å²) in [5.74, 6) is 1.48. The van der Waals surface area contributed by atoms with Gasteiger partial charge in [0.05, 0.1) is 18.9 Å². The van der Waals surface area contributed by atoms with E-state index in [4.69, 9.17) is 14.3 Å². The Labute approximate surface area is 178 Å². The summed E-state index contributed by atoms with van der Waals surface area (Å²) in [5, 5.41) is 4.30. The van der Waals surface area contributed by atoms with Crippen LogP contribution in [0.2, 0.25) is 0 Å². The van der Waals surface area contributed by atoms with Crippen molar-refractivity contribution in [1.29, 1.82) is 0 Å². The Kier molecular flexibility index (Phi) is 6.18. The van der Waals surface area contributed by atoms with Gasteiger partial charge in [0.15, 0.2) is 11.5 Å². The summed E-state index contributed by atoms with van der Waals surface area (Å²) in [6.07, 6.45) is 6.24. The van der Waals surface area contributed by atoms with E-state index in [1.54, 1.807) is 7.11 Å². The molecule has 0 spiro atoms. The molecule has 0 bridgehead atoms. The van der Waals surface area contributed by atoms with Gasteiger partial charge in [0.2, 0.25) is 5.60 Å². The maximum absolute atomic E-state index is 13.2. The van der Waals surface area contributed by atoms with Crippen molar-refractivity contribution in [3.8, 4) is 11.5 Å². The third-order valence-electron chi connectivity index (χ3n) is 6.41. The second-order valence-corrected chi connectivity index (χ2v) is 8.88. The summed E-state index contributed by atoms with van der Waals surface area (Å²) >= 11 is 0. The quantitative estimate of drug-likeness (QED) is 0.740. The van der Waals surface area contributed by atoms with Crippen LogP contribution in [-0.2, 0) is 9.63 Å². The first-order valence-corrected chi connectivity index (χ1v) is 11.1. The molecule has 0 N–H and O–H groups in total. The number of hydrogen-bond donors (Lipinski definition) is 0. The molecule has 2 heterocycles. The molecule has 1 unspecified atom stereocenters. The van der Waals surface area contributed by atoms with Gasteiger partial charge in [0, 0.05) is 31.6 Å². The highest BCUT2D eigenvalue weighted by molar-refractivity contribution is 6.05. The zero-order valence-electron chi connectivity index (χ0n) is 18.4. The second kappa shape index (κ2) is 8.84. The minimum absolute atomic E-state index is 0.0208. The van der Waals surface area contributed by atoms with Gasteiger partial charge in [-0.05, 0) is 70.8 Å². The Bertz CT molecular complexity index is 806. The lowest BCUT2D eigenvalue weighted by Gasteiger charge is -2.29. The highest BCUT2D eigenvalue weighted by Gasteiger charge is 2.45. The Morgan fingerprint density at radius 1 is 1.13 bits per heavy atom. The molecule has 164 valence electrons. The van der Waals surface area contributed by atoms with Crippen LogP contribution in [0.5, 0.6) is 11.5 Å². The van der Waals surface area contributed by atoms with Gasteiger partial charge in [-0.3, -0.25) is 4.79 Å². The molecule has 4 rings (SSSR count). The molecular weight excluding hydrogens is 382 g/mol. The first-order chi connectivity index (χ1) is 14.5. The van der Waals surface area contributed by atoms with Crippen molar-refractivity contribution in [2.75, 3.05) is 40.3 Å². The van der Waals surface area contributed by atoms with Gasteiger partial charge in [-0.25, -0.2) is 0 Å². The largest absolute Gasteiger partial charge is 0.493 e. The number of hydrogen-bond acceptors (Lipinski definition) is 6. The molecule has 1 aliphatic carbocycles. The molecule has 1 saturated heterocycles. The maximum atomic E-state index is 13.2. The molecule has 7 nitrogen and oxygen atoms in total. The van der Waals surface area contributed by atoms with Gasteiger partial charge < -0.3 is 24.1 Å². The number of likely N-dealkylation sites (N-methyl/N-ethyl adjacent to an activating group) is 1. The van der Waals surface area contributed by atoms with Gasteiger partial charge in [-0.2, -0.15) is 0 Å². The standard InChI is InChI=1S/C23H33N3O4/c1-23(22(27)26-12-6-11-25(2)13-14-26)16-19(24-30-23)17-9-10-20(28-3)21(15-17)29-18-7-4-5-8-18/h9-10,15,18H,4-8,11-14,16H2,1-3H3. The monoisotopic (exact) mass is 415 g/mol. The van der Waals surface area contributed by atoms with Crippen molar-refractivity contribution in [1.82, 2.24) is 9.80 Å². The van der Waals surface area contributed by atoms with E-state index in [1.807, 2.05) is 30.0 Å². The van der Waals surface area contributed by atoms with Crippen LogP contribution in [0.15, 0.2) is 23.4 Å². The van der Waals surface area contributed by atoms with E-state index in [2.05, 4.69) is 17.1 Å². The fraction of sp³-hybridized carbons (Fsp3) is 0.652. The minimum atomic E-state index is -0.954. The van der Waals surface area contributed by atoms with Crippen LogP contribution in [0.1, 0.15) is 51.0 Å². The normalized spacial score (nSPS) is 25.6. The van der Waals surface area contributed by atoms with E-state index in [-0.39, 0.29) is 12.0 Å². The molecule has 3 aliphatic rings. The number of benzene rings is 1. The molecule has 0 radical (unpaired) electrons. The fourth-order valence-corrected chi connectivity index (χ4v) is 4.53. The molecular formula is C23H33N3O4. The zero-order valence-corrected chi connectivity index (χ0v) is 18.4. The highest BCUT2D eigenvalue weighted by atomic mass is 16.7. The van der Waals surface area contributed by atoms with Gasteiger partial charge in [-0.15, -0.1) is 0 Å². The van der Waals surface area contributed by atoms with Crippen LogP contribution in [0.4, 0.5) is 0 Å². The number of oxime groups is 1. The Morgan fingerprint density at radius 2 is 1.93 bits per heavy atom. The molecule has 1 saturated carbocycles. The smallest absolute Gasteiger partial charge is 0.269 e. The lowest BCUT2D eigenvalue weighted by Crippen LogP contribution is -2.48. The molecule has 7 heteroatoms. The van der Waals surface area contributed by atoms with Gasteiger partial charge >= 0.3 is 0 Å². The van der Waals surface area contributed by atoms with Gasteiger partial charge in [0.25, 0.3) is 5.91 Å². The van der Waals surface area contributed by atoms with Crippen molar-refractivity contribution >= 4 is 11.6 Å². The Hall–Kier alpha value is -2.28. The molecule has 0 aromatic heterocycles. The SMILES string of the molecule is COc1ccc(C2=NOC(C)(C(=O)N3CCCN(C)CC3)C2)cc1OC1CCCC1. The lowest BCUT2D eigenvalue weighted by atomic mass is 9.94. The Balaban J connectivity index is 1.47. The second-order valence-electron chi connectivity index (χ2n) is 8.88. The minimum Gasteiger partial charge on any atom is -0.493 e. The Morgan fingerprint density at radius 3 is 2.70 bits per heavy atom. The number of carbonyl (C=O) groups excluding carboxylic acids is 1.